The molecule has 118 valence electrons. The third-order valence-corrected chi connectivity index (χ3v) is 4.74. The lowest BCUT2D eigenvalue weighted by molar-refractivity contribution is -0.0568. The first-order valence-corrected chi connectivity index (χ1v) is 7.59. The highest BCUT2D eigenvalue weighted by atomic mass is 16.6. The van der Waals surface area contributed by atoms with E-state index in [1.54, 1.807) is 0 Å². The van der Waals surface area contributed by atoms with Crippen molar-refractivity contribution in [2.75, 3.05) is 0 Å². The van der Waals surface area contributed by atoms with E-state index in [1.165, 1.54) is 0 Å². The Balaban J connectivity index is 2.05. The fourth-order valence-electron chi connectivity index (χ4n) is 3.99. The molecule has 4 N–H and O–H groups in total. The molecule has 4 atom stereocenters. The number of ether oxygens (including phenoxy) is 2. The van der Waals surface area contributed by atoms with Crippen molar-refractivity contribution < 1.29 is 19.1 Å². The predicted molar refractivity (Wildman–Crippen MR) is 79.0 cm³/mol. The van der Waals surface area contributed by atoms with Gasteiger partial charge in [0.15, 0.2) is 6.10 Å². The number of hydrogen-bond donors (Lipinski definition) is 2. The third kappa shape index (κ3) is 2.61. The van der Waals surface area contributed by atoms with Gasteiger partial charge in [-0.25, -0.2) is 9.59 Å². The fourth-order valence-corrected chi connectivity index (χ4v) is 3.99. The minimum Gasteiger partial charge on any atom is -0.442 e. The molecule has 2 aliphatic rings. The van der Waals surface area contributed by atoms with Crippen LogP contribution in [0.5, 0.6) is 0 Å². The summed E-state index contributed by atoms with van der Waals surface area (Å²) in [5.74, 6) is 0.391. The molecule has 2 aliphatic carbocycles. The number of benzene rings is 1. The van der Waals surface area contributed by atoms with Crippen LogP contribution in [-0.4, -0.2) is 18.3 Å². The molecule has 6 heteroatoms. The molecule has 1 aromatic rings. The lowest BCUT2D eigenvalue weighted by atomic mass is 9.65. The monoisotopic (exact) mass is 304 g/mol. The van der Waals surface area contributed by atoms with Crippen molar-refractivity contribution in [3.05, 3.63) is 35.4 Å². The Hall–Kier alpha value is -2.24. The average Bonchev–Trinajstić information content (AvgIpc) is 2.50. The van der Waals surface area contributed by atoms with E-state index in [1.807, 2.05) is 18.2 Å². The van der Waals surface area contributed by atoms with Crippen molar-refractivity contribution in [1.29, 1.82) is 0 Å². The SMILES string of the molecule is NC(=O)O[C@H]1[C@H]2CCCC[C@@H]2c2ccccc2[C@@H]1OC(N)=O. The normalized spacial score (nSPS) is 29.8. The van der Waals surface area contributed by atoms with Gasteiger partial charge in [-0.1, -0.05) is 37.1 Å². The number of rotatable bonds is 2. The van der Waals surface area contributed by atoms with Crippen molar-refractivity contribution in [3.8, 4) is 0 Å². The molecule has 22 heavy (non-hydrogen) atoms. The van der Waals surface area contributed by atoms with Crippen LogP contribution in [0.2, 0.25) is 0 Å². The van der Waals surface area contributed by atoms with E-state index in [4.69, 9.17) is 20.9 Å². The van der Waals surface area contributed by atoms with E-state index in [2.05, 4.69) is 6.07 Å². The number of amides is 2. The van der Waals surface area contributed by atoms with Crippen LogP contribution in [0.15, 0.2) is 24.3 Å². The average molecular weight is 304 g/mol. The molecule has 0 aromatic heterocycles. The van der Waals surface area contributed by atoms with Crippen LogP contribution in [0.3, 0.4) is 0 Å². The highest BCUT2D eigenvalue weighted by Crippen LogP contribution is 2.50. The van der Waals surface area contributed by atoms with Crippen molar-refractivity contribution in [1.82, 2.24) is 0 Å². The van der Waals surface area contributed by atoms with Crippen molar-refractivity contribution >= 4 is 12.2 Å². The van der Waals surface area contributed by atoms with Gasteiger partial charge in [-0.15, -0.1) is 0 Å². The Labute approximate surface area is 128 Å². The van der Waals surface area contributed by atoms with Gasteiger partial charge >= 0.3 is 12.2 Å². The summed E-state index contributed by atoms with van der Waals surface area (Å²) < 4.78 is 10.6. The van der Waals surface area contributed by atoms with Crippen molar-refractivity contribution in [2.24, 2.45) is 17.4 Å². The van der Waals surface area contributed by atoms with Gasteiger partial charge in [0.25, 0.3) is 0 Å². The quantitative estimate of drug-likeness (QED) is 0.876. The van der Waals surface area contributed by atoms with E-state index < -0.39 is 24.4 Å². The summed E-state index contributed by atoms with van der Waals surface area (Å²) in [6, 6.07) is 7.79. The van der Waals surface area contributed by atoms with Gasteiger partial charge in [-0.05, 0) is 29.9 Å². The molecule has 1 aromatic carbocycles. The zero-order valence-corrected chi connectivity index (χ0v) is 12.2. The molecule has 6 nitrogen and oxygen atoms in total. The van der Waals surface area contributed by atoms with Gasteiger partial charge in [0.05, 0.1) is 0 Å². The topological polar surface area (TPSA) is 105 Å². The third-order valence-electron chi connectivity index (χ3n) is 4.74. The number of carbonyl (C=O) groups is 2. The maximum Gasteiger partial charge on any atom is 0.405 e. The lowest BCUT2D eigenvalue weighted by Gasteiger charge is -2.44. The van der Waals surface area contributed by atoms with Gasteiger partial charge in [-0.2, -0.15) is 0 Å². The summed E-state index contributed by atoms with van der Waals surface area (Å²) in [5.41, 5.74) is 12.4. The van der Waals surface area contributed by atoms with Gasteiger partial charge in [0, 0.05) is 5.92 Å². The standard InChI is InChI=1S/C16H20N2O4/c17-15(19)21-13-11-7-3-1-5-9(11)10-6-2-4-8-12(10)14(13)22-16(18)20/h1,3,5,7,10,12-14H,2,4,6,8H2,(H2,17,19)(H2,18,20)/t10-,12+,13+,14+/m1/s1. The maximum atomic E-state index is 11.3. The summed E-state index contributed by atoms with van der Waals surface area (Å²) in [4.78, 5) is 22.6. The van der Waals surface area contributed by atoms with Crippen LogP contribution in [0.1, 0.15) is 48.8 Å². The molecule has 1 saturated carbocycles. The van der Waals surface area contributed by atoms with Crippen LogP contribution in [-0.2, 0) is 9.47 Å². The Morgan fingerprint density at radius 3 is 2.27 bits per heavy atom. The zero-order chi connectivity index (χ0) is 15.7. The van der Waals surface area contributed by atoms with Gasteiger partial charge < -0.3 is 20.9 Å². The first-order chi connectivity index (χ1) is 10.6. The number of fused-ring (bicyclic) bond motifs is 3. The Morgan fingerprint density at radius 1 is 0.955 bits per heavy atom. The molecule has 3 rings (SSSR count). The highest BCUT2D eigenvalue weighted by molar-refractivity contribution is 5.66. The number of primary amides is 2. The number of carbonyl (C=O) groups excluding carboxylic acids is 2. The first-order valence-electron chi connectivity index (χ1n) is 7.59. The molecule has 0 saturated heterocycles. The molecule has 0 aliphatic heterocycles. The second-order valence-electron chi connectivity index (χ2n) is 5.94. The molecule has 1 fully saturated rings. The molecular formula is C16H20N2O4. The van der Waals surface area contributed by atoms with Gasteiger partial charge in [-0.3, -0.25) is 0 Å². The van der Waals surface area contributed by atoms with Gasteiger partial charge in [0.1, 0.15) is 6.10 Å². The maximum absolute atomic E-state index is 11.3. The Morgan fingerprint density at radius 2 is 1.59 bits per heavy atom. The van der Waals surface area contributed by atoms with Crippen molar-refractivity contribution in [2.45, 2.75) is 43.8 Å². The van der Waals surface area contributed by atoms with E-state index >= 15 is 0 Å². The minimum absolute atomic E-state index is 0.0977. The molecule has 0 spiro atoms. The van der Waals surface area contributed by atoms with Crippen LogP contribution in [0.4, 0.5) is 9.59 Å². The van der Waals surface area contributed by atoms with E-state index in [0.29, 0.717) is 5.92 Å². The molecular weight excluding hydrogens is 284 g/mol. The smallest absolute Gasteiger partial charge is 0.405 e. The largest absolute Gasteiger partial charge is 0.442 e. The molecule has 0 bridgehead atoms. The second kappa shape index (κ2) is 5.87. The summed E-state index contributed by atoms with van der Waals surface area (Å²) in [6.45, 7) is 0. The lowest BCUT2D eigenvalue weighted by Crippen LogP contribution is -2.44. The minimum atomic E-state index is -0.882. The number of nitrogens with two attached hydrogens (primary N) is 2. The Bertz CT molecular complexity index is 589. The summed E-state index contributed by atoms with van der Waals surface area (Å²) in [6.07, 6.45) is 1.13. The summed E-state index contributed by atoms with van der Waals surface area (Å²) >= 11 is 0. The molecule has 0 unspecified atom stereocenters. The van der Waals surface area contributed by atoms with E-state index in [9.17, 15) is 9.59 Å². The summed E-state index contributed by atoms with van der Waals surface area (Å²) in [7, 11) is 0. The summed E-state index contributed by atoms with van der Waals surface area (Å²) in [5, 5.41) is 0. The van der Waals surface area contributed by atoms with E-state index in [-0.39, 0.29) is 5.92 Å². The van der Waals surface area contributed by atoms with E-state index in [0.717, 1.165) is 36.8 Å². The Kier molecular flexibility index (Phi) is 3.92. The molecule has 0 heterocycles. The second-order valence-corrected chi connectivity index (χ2v) is 5.94. The number of hydrogen-bond acceptors (Lipinski definition) is 4. The van der Waals surface area contributed by atoms with Gasteiger partial charge in [0.2, 0.25) is 0 Å². The van der Waals surface area contributed by atoms with Crippen LogP contribution in [0, 0.1) is 5.92 Å². The zero-order valence-electron chi connectivity index (χ0n) is 12.2. The first kappa shape index (κ1) is 14.7. The predicted octanol–water partition coefficient (Wildman–Crippen LogP) is 2.57. The fraction of sp³-hybridized carbons (Fsp3) is 0.500. The molecule has 2 amide bonds. The molecule has 0 radical (unpaired) electrons. The van der Waals surface area contributed by atoms with Crippen LogP contribution >= 0.6 is 0 Å². The van der Waals surface area contributed by atoms with Crippen molar-refractivity contribution in [3.63, 3.8) is 0 Å². The van der Waals surface area contributed by atoms with Crippen LogP contribution < -0.4 is 11.5 Å². The highest BCUT2D eigenvalue weighted by Gasteiger charge is 2.47. The van der Waals surface area contributed by atoms with Crippen LogP contribution in [0.25, 0.3) is 0 Å².